The van der Waals surface area contributed by atoms with E-state index in [1.165, 1.54) is 17.0 Å². The van der Waals surface area contributed by atoms with Gasteiger partial charge in [-0.15, -0.1) is 0 Å². The van der Waals surface area contributed by atoms with Gasteiger partial charge in [-0.2, -0.15) is 4.31 Å². The lowest BCUT2D eigenvalue weighted by atomic mass is 9.92. The Kier molecular flexibility index (Phi) is 7.30. The van der Waals surface area contributed by atoms with E-state index in [0.717, 1.165) is 29.3 Å². The SMILES string of the molecule is NC1CCC(NC(=O)C2N(C(=O)c3ccc(F)cc3)CCN2S(=O)(=O)Cc2ccccc2)CC1. The van der Waals surface area contributed by atoms with Crippen LogP contribution in [0.15, 0.2) is 54.6 Å². The van der Waals surface area contributed by atoms with Crippen LogP contribution >= 0.6 is 0 Å². The third kappa shape index (κ3) is 5.45. The van der Waals surface area contributed by atoms with Crippen molar-refractivity contribution in [2.75, 3.05) is 13.1 Å². The van der Waals surface area contributed by atoms with Crippen molar-refractivity contribution in [1.29, 1.82) is 0 Å². The fraction of sp³-hybridized carbons (Fsp3) is 0.417. The minimum Gasteiger partial charge on any atom is -0.350 e. The number of nitrogens with one attached hydrogen (secondary N) is 1. The lowest BCUT2D eigenvalue weighted by Gasteiger charge is -2.32. The summed E-state index contributed by atoms with van der Waals surface area (Å²) >= 11 is 0. The third-order valence-corrected chi connectivity index (χ3v) is 8.18. The first-order chi connectivity index (χ1) is 16.2. The van der Waals surface area contributed by atoms with Gasteiger partial charge in [0.25, 0.3) is 11.8 Å². The number of carbonyl (C=O) groups is 2. The van der Waals surface area contributed by atoms with Crippen molar-refractivity contribution in [3.8, 4) is 0 Å². The van der Waals surface area contributed by atoms with E-state index in [9.17, 15) is 22.4 Å². The molecule has 8 nitrogen and oxygen atoms in total. The highest BCUT2D eigenvalue weighted by molar-refractivity contribution is 7.88. The Morgan fingerprint density at radius 2 is 1.62 bits per heavy atom. The maximum atomic E-state index is 13.4. The molecule has 0 bridgehead atoms. The molecule has 1 atom stereocenters. The molecule has 0 spiro atoms. The van der Waals surface area contributed by atoms with E-state index >= 15 is 0 Å². The Balaban J connectivity index is 1.60. The average Bonchev–Trinajstić information content (AvgIpc) is 3.27. The molecule has 1 saturated carbocycles. The van der Waals surface area contributed by atoms with Gasteiger partial charge in [-0.1, -0.05) is 30.3 Å². The first-order valence-electron chi connectivity index (χ1n) is 11.4. The highest BCUT2D eigenvalue weighted by atomic mass is 32.2. The van der Waals surface area contributed by atoms with Gasteiger partial charge in [0.15, 0.2) is 6.17 Å². The summed E-state index contributed by atoms with van der Waals surface area (Å²) in [4.78, 5) is 27.9. The second kappa shape index (κ2) is 10.2. The van der Waals surface area contributed by atoms with Crippen molar-refractivity contribution in [1.82, 2.24) is 14.5 Å². The van der Waals surface area contributed by atoms with Crippen molar-refractivity contribution in [3.63, 3.8) is 0 Å². The van der Waals surface area contributed by atoms with Crippen molar-refractivity contribution < 1.29 is 22.4 Å². The molecule has 1 aliphatic carbocycles. The summed E-state index contributed by atoms with van der Waals surface area (Å²) in [5, 5.41) is 2.94. The number of halogens is 1. The van der Waals surface area contributed by atoms with Crippen LogP contribution in [0, 0.1) is 5.82 Å². The fourth-order valence-electron chi connectivity index (χ4n) is 4.55. The number of hydrogen-bond acceptors (Lipinski definition) is 5. The molecule has 10 heteroatoms. The van der Waals surface area contributed by atoms with Gasteiger partial charge in [-0.05, 0) is 55.5 Å². The summed E-state index contributed by atoms with van der Waals surface area (Å²) in [6, 6.07) is 13.6. The lowest BCUT2D eigenvalue weighted by Crippen LogP contribution is -2.56. The molecule has 2 fully saturated rings. The quantitative estimate of drug-likeness (QED) is 0.644. The Hall–Kier alpha value is -2.82. The monoisotopic (exact) mass is 488 g/mol. The Morgan fingerprint density at radius 3 is 2.26 bits per heavy atom. The zero-order chi connectivity index (χ0) is 24.3. The van der Waals surface area contributed by atoms with Crippen LogP contribution in [-0.4, -0.2) is 60.8 Å². The summed E-state index contributed by atoms with van der Waals surface area (Å²) in [5.41, 5.74) is 6.73. The Labute approximate surface area is 199 Å². The van der Waals surface area contributed by atoms with Crippen LogP contribution in [0.5, 0.6) is 0 Å². The van der Waals surface area contributed by atoms with Crippen LogP contribution in [0.4, 0.5) is 4.39 Å². The van der Waals surface area contributed by atoms with Crippen molar-refractivity contribution in [2.24, 2.45) is 5.73 Å². The molecule has 4 rings (SSSR count). The molecule has 1 aliphatic heterocycles. The van der Waals surface area contributed by atoms with Gasteiger partial charge in [0.2, 0.25) is 10.0 Å². The van der Waals surface area contributed by atoms with Gasteiger partial charge < -0.3 is 16.0 Å². The molecule has 1 heterocycles. The number of benzene rings is 2. The molecular weight excluding hydrogens is 459 g/mol. The number of rotatable bonds is 6. The first kappa shape index (κ1) is 24.3. The molecule has 1 unspecified atom stereocenters. The molecular formula is C24H29FN4O4S. The molecule has 0 radical (unpaired) electrons. The number of nitrogens with zero attached hydrogens (tertiary/aromatic N) is 2. The number of amides is 2. The first-order valence-corrected chi connectivity index (χ1v) is 13.0. The Bertz CT molecular complexity index is 1120. The summed E-state index contributed by atoms with van der Waals surface area (Å²) in [7, 11) is -3.91. The highest BCUT2D eigenvalue weighted by Crippen LogP contribution is 2.25. The number of carbonyl (C=O) groups excluding carboxylic acids is 2. The van der Waals surface area contributed by atoms with E-state index in [1.807, 2.05) is 0 Å². The minimum atomic E-state index is -3.91. The van der Waals surface area contributed by atoms with Crippen LogP contribution in [-0.2, 0) is 20.6 Å². The molecule has 2 amide bonds. The second-order valence-corrected chi connectivity index (χ2v) is 10.8. The summed E-state index contributed by atoms with van der Waals surface area (Å²) in [5.74, 6) is -1.84. The van der Waals surface area contributed by atoms with Crippen LogP contribution in [0.25, 0.3) is 0 Å². The molecule has 2 aliphatic rings. The normalized spacial score (nSPS) is 23.6. The molecule has 3 N–H and O–H groups in total. The molecule has 0 aromatic heterocycles. The largest absolute Gasteiger partial charge is 0.350 e. The predicted octanol–water partition coefficient (Wildman–Crippen LogP) is 1.83. The van der Waals surface area contributed by atoms with Gasteiger partial charge in [0.05, 0.1) is 5.75 Å². The van der Waals surface area contributed by atoms with E-state index in [0.29, 0.717) is 18.4 Å². The predicted molar refractivity (Wildman–Crippen MR) is 125 cm³/mol. The van der Waals surface area contributed by atoms with Crippen LogP contribution < -0.4 is 11.1 Å². The molecule has 2 aromatic rings. The van der Waals surface area contributed by atoms with E-state index < -0.39 is 33.8 Å². The van der Waals surface area contributed by atoms with Gasteiger partial charge >= 0.3 is 0 Å². The summed E-state index contributed by atoms with van der Waals surface area (Å²) < 4.78 is 41.1. The van der Waals surface area contributed by atoms with Crippen LogP contribution in [0.3, 0.4) is 0 Å². The van der Waals surface area contributed by atoms with Crippen molar-refractivity contribution >= 4 is 21.8 Å². The number of nitrogens with two attached hydrogens (primary N) is 1. The molecule has 1 saturated heterocycles. The standard InChI is InChI=1S/C24H29FN4O4S/c25-19-8-6-18(7-9-19)24(31)28-14-15-29(34(32,33)16-17-4-2-1-3-5-17)23(28)22(30)27-21-12-10-20(26)11-13-21/h1-9,20-21,23H,10-16,26H2,(H,27,30). The van der Waals surface area contributed by atoms with E-state index in [4.69, 9.17) is 5.73 Å². The molecule has 182 valence electrons. The topological polar surface area (TPSA) is 113 Å². The van der Waals surface area contributed by atoms with Gasteiger partial charge in [0.1, 0.15) is 5.82 Å². The van der Waals surface area contributed by atoms with E-state index in [-0.39, 0.29) is 36.5 Å². The van der Waals surface area contributed by atoms with E-state index in [1.54, 1.807) is 30.3 Å². The third-order valence-electron chi connectivity index (χ3n) is 6.38. The maximum Gasteiger partial charge on any atom is 0.259 e. The highest BCUT2D eigenvalue weighted by Gasteiger charge is 2.46. The smallest absolute Gasteiger partial charge is 0.259 e. The minimum absolute atomic E-state index is 0.00424. The molecule has 34 heavy (non-hydrogen) atoms. The summed E-state index contributed by atoms with van der Waals surface area (Å²) in [6.45, 7) is 0.0492. The number of sulfonamides is 1. The van der Waals surface area contributed by atoms with Crippen molar-refractivity contribution in [2.45, 2.75) is 49.7 Å². The maximum absolute atomic E-state index is 13.4. The molecule has 2 aromatic carbocycles. The van der Waals surface area contributed by atoms with Crippen molar-refractivity contribution in [3.05, 3.63) is 71.5 Å². The van der Waals surface area contributed by atoms with E-state index in [2.05, 4.69) is 5.32 Å². The number of hydrogen-bond donors (Lipinski definition) is 2. The Morgan fingerprint density at radius 1 is 0.971 bits per heavy atom. The van der Waals surface area contributed by atoms with Gasteiger partial charge in [-0.25, -0.2) is 12.8 Å². The zero-order valence-corrected chi connectivity index (χ0v) is 19.6. The van der Waals surface area contributed by atoms with Gasteiger partial charge in [0, 0.05) is 30.7 Å². The van der Waals surface area contributed by atoms with Crippen LogP contribution in [0.1, 0.15) is 41.6 Å². The van der Waals surface area contributed by atoms with Crippen LogP contribution in [0.2, 0.25) is 0 Å². The average molecular weight is 489 g/mol. The fourth-order valence-corrected chi connectivity index (χ4v) is 6.20. The zero-order valence-electron chi connectivity index (χ0n) is 18.8. The second-order valence-electron chi connectivity index (χ2n) is 8.85. The lowest BCUT2D eigenvalue weighted by molar-refractivity contribution is -0.128. The van der Waals surface area contributed by atoms with Gasteiger partial charge in [-0.3, -0.25) is 9.59 Å². The summed E-state index contributed by atoms with van der Waals surface area (Å²) in [6.07, 6.45) is 1.61.